The van der Waals surface area contributed by atoms with Crippen LogP contribution >= 0.6 is 11.6 Å². The van der Waals surface area contributed by atoms with E-state index < -0.39 is 5.82 Å². The number of fused-ring (bicyclic) bond motifs is 1. The number of aryl methyl sites for hydroxylation is 1. The Hall–Kier alpha value is -3.29. The van der Waals surface area contributed by atoms with Crippen molar-refractivity contribution in [1.29, 1.82) is 0 Å². The molecule has 1 spiro atoms. The highest BCUT2D eigenvalue weighted by molar-refractivity contribution is 6.33. The standard InChI is InChI=1S/C35H36ClF2N3O2/c36-30-4-2-1-3-28(30)34(43)41(27-9-10-27)32-12-7-23-5-6-24(20-29(23)32)33(42)40-18-15-35(22-40)13-16-39(17-14-35)21-25-19-26(37)8-11-31(25)38/h1-6,8,11,19-20,27,32H,7,9-10,12-18,21-22H2. The zero-order chi connectivity index (χ0) is 29.7. The number of carbonyl (C=O) groups excluding carboxylic acids is 2. The number of halogens is 3. The SMILES string of the molecule is O=C(c1ccc2c(c1)C(N(C(=O)c1ccccc1Cl)C1CC1)CC2)N1CCC2(CCN(Cc3cc(F)ccc3F)CC2)C1. The molecule has 5 nitrogen and oxygen atoms in total. The van der Waals surface area contributed by atoms with E-state index in [4.69, 9.17) is 11.6 Å². The van der Waals surface area contributed by atoms with Gasteiger partial charge < -0.3 is 9.80 Å². The van der Waals surface area contributed by atoms with Gasteiger partial charge in [-0.15, -0.1) is 0 Å². The minimum absolute atomic E-state index is 0.0318. The molecule has 43 heavy (non-hydrogen) atoms. The molecule has 4 aliphatic rings. The van der Waals surface area contributed by atoms with Gasteiger partial charge in [-0.05, 0) is 117 Å². The lowest BCUT2D eigenvalue weighted by molar-refractivity contribution is 0.0658. The van der Waals surface area contributed by atoms with E-state index in [1.165, 1.54) is 17.7 Å². The molecule has 0 aromatic heterocycles. The maximum atomic E-state index is 14.2. The molecule has 3 aromatic rings. The van der Waals surface area contributed by atoms with Crippen LogP contribution in [0.4, 0.5) is 8.78 Å². The van der Waals surface area contributed by atoms with Gasteiger partial charge in [-0.2, -0.15) is 0 Å². The maximum absolute atomic E-state index is 14.2. The molecule has 7 rings (SSSR count). The number of hydrogen-bond donors (Lipinski definition) is 0. The molecule has 3 aromatic carbocycles. The van der Waals surface area contributed by atoms with Gasteiger partial charge in [0.05, 0.1) is 16.6 Å². The van der Waals surface area contributed by atoms with Gasteiger partial charge in [0.2, 0.25) is 0 Å². The van der Waals surface area contributed by atoms with Crippen LogP contribution in [0, 0.1) is 17.0 Å². The summed E-state index contributed by atoms with van der Waals surface area (Å²) >= 11 is 6.42. The van der Waals surface area contributed by atoms with E-state index in [1.54, 1.807) is 12.1 Å². The fourth-order valence-corrected chi connectivity index (χ4v) is 7.70. The van der Waals surface area contributed by atoms with Gasteiger partial charge in [0.15, 0.2) is 0 Å². The lowest BCUT2D eigenvalue weighted by atomic mass is 9.77. The molecule has 0 N–H and O–H groups in total. The van der Waals surface area contributed by atoms with Crippen molar-refractivity contribution in [3.63, 3.8) is 0 Å². The third kappa shape index (κ3) is 5.58. The second-order valence-corrected chi connectivity index (χ2v) is 13.3. The molecule has 1 saturated carbocycles. The normalized spacial score (nSPS) is 21.3. The molecule has 1 unspecified atom stereocenters. The first-order valence-corrected chi connectivity index (χ1v) is 15.8. The van der Waals surface area contributed by atoms with Crippen molar-refractivity contribution in [2.24, 2.45) is 5.41 Å². The van der Waals surface area contributed by atoms with E-state index >= 15 is 0 Å². The zero-order valence-corrected chi connectivity index (χ0v) is 25.0. The Morgan fingerprint density at radius 1 is 0.930 bits per heavy atom. The van der Waals surface area contributed by atoms with Crippen LogP contribution < -0.4 is 0 Å². The summed E-state index contributed by atoms with van der Waals surface area (Å²) in [7, 11) is 0. The summed E-state index contributed by atoms with van der Waals surface area (Å²) in [4.78, 5) is 33.7. The number of hydrogen-bond acceptors (Lipinski definition) is 3. The molecule has 0 bridgehead atoms. The lowest BCUT2D eigenvalue weighted by Crippen LogP contribution is -2.42. The van der Waals surface area contributed by atoms with E-state index in [2.05, 4.69) is 11.0 Å². The van der Waals surface area contributed by atoms with Gasteiger partial charge in [0.25, 0.3) is 11.8 Å². The Labute approximate surface area is 256 Å². The van der Waals surface area contributed by atoms with Gasteiger partial charge in [-0.3, -0.25) is 14.5 Å². The van der Waals surface area contributed by atoms with E-state index in [0.29, 0.717) is 34.8 Å². The number of nitrogens with zero attached hydrogens (tertiary/aromatic N) is 3. The first kappa shape index (κ1) is 28.5. The number of likely N-dealkylation sites (tertiary alicyclic amines) is 2. The molecule has 2 heterocycles. The van der Waals surface area contributed by atoms with Crippen molar-refractivity contribution in [3.8, 4) is 0 Å². The van der Waals surface area contributed by atoms with Crippen LogP contribution in [0.3, 0.4) is 0 Å². The van der Waals surface area contributed by atoms with E-state index in [0.717, 1.165) is 76.2 Å². The van der Waals surface area contributed by atoms with Gasteiger partial charge in [-0.25, -0.2) is 8.78 Å². The summed E-state index contributed by atoms with van der Waals surface area (Å²) in [5.41, 5.74) is 3.97. The monoisotopic (exact) mass is 603 g/mol. The van der Waals surface area contributed by atoms with E-state index in [1.807, 2.05) is 34.1 Å². The second kappa shape index (κ2) is 11.3. The number of carbonyl (C=O) groups is 2. The largest absolute Gasteiger partial charge is 0.338 e. The second-order valence-electron chi connectivity index (χ2n) is 12.9. The average Bonchev–Trinajstić information content (AvgIpc) is 3.63. The fraction of sp³-hybridized carbons (Fsp3) is 0.429. The first-order valence-electron chi connectivity index (χ1n) is 15.5. The fourth-order valence-electron chi connectivity index (χ4n) is 7.48. The summed E-state index contributed by atoms with van der Waals surface area (Å²) in [5, 5.41) is 0.468. The Balaban J connectivity index is 1.03. The predicted octanol–water partition coefficient (Wildman–Crippen LogP) is 7.04. The third-order valence-corrected chi connectivity index (χ3v) is 10.4. The van der Waals surface area contributed by atoms with Crippen LogP contribution in [0.15, 0.2) is 60.7 Å². The van der Waals surface area contributed by atoms with Crippen LogP contribution in [-0.2, 0) is 13.0 Å². The van der Waals surface area contributed by atoms with Crippen LogP contribution in [0.2, 0.25) is 5.02 Å². The minimum atomic E-state index is -0.417. The predicted molar refractivity (Wildman–Crippen MR) is 162 cm³/mol. The molecular formula is C35H36ClF2N3O2. The Morgan fingerprint density at radius 2 is 1.70 bits per heavy atom. The van der Waals surface area contributed by atoms with Gasteiger partial charge >= 0.3 is 0 Å². The van der Waals surface area contributed by atoms with Crippen LogP contribution in [-0.4, -0.2) is 58.7 Å². The number of rotatable bonds is 6. The molecule has 0 radical (unpaired) electrons. The molecule has 8 heteroatoms. The molecule has 224 valence electrons. The van der Waals surface area contributed by atoms with Crippen molar-refractivity contribution in [2.75, 3.05) is 26.2 Å². The summed E-state index contributed by atoms with van der Waals surface area (Å²) in [6.45, 7) is 3.43. The van der Waals surface area contributed by atoms with Crippen molar-refractivity contribution >= 4 is 23.4 Å². The summed E-state index contributed by atoms with van der Waals surface area (Å²) in [6, 6.07) is 17.1. The van der Waals surface area contributed by atoms with Crippen molar-refractivity contribution in [2.45, 2.75) is 63.6 Å². The smallest absolute Gasteiger partial charge is 0.256 e. The van der Waals surface area contributed by atoms with E-state index in [9.17, 15) is 18.4 Å². The van der Waals surface area contributed by atoms with Crippen LogP contribution in [0.1, 0.15) is 82.0 Å². The molecular weight excluding hydrogens is 568 g/mol. The molecule has 2 amide bonds. The third-order valence-electron chi connectivity index (χ3n) is 10.1. The van der Waals surface area contributed by atoms with Gasteiger partial charge in [0, 0.05) is 36.8 Å². The highest BCUT2D eigenvalue weighted by Crippen LogP contribution is 2.44. The molecule has 2 aliphatic heterocycles. The maximum Gasteiger partial charge on any atom is 0.256 e. The average molecular weight is 604 g/mol. The Kier molecular flexibility index (Phi) is 7.50. The first-order chi connectivity index (χ1) is 20.8. The van der Waals surface area contributed by atoms with Crippen LogP contribution in [0.25, 0.3) is 0 Å². The Morgan fingerprint density at radius 3 is 2.47 bits per heavy atom. The number of piperidine rings is 1. The summed E-state index contributed by atoms with van der Waals surface area (Å²) in [5.74, 6) is -0.773. The topological polar surface area (TPSA) is 43.9 Å². The molecule has 2 aliphatic carbocycles. The van der Waals surface area contributed by atoms with Crippen LogP contribution in [0.5, 0.6) is 0 Å². The summed E-state index contributed by atoms with van der Waals surface area (Å²) in [6.07, 6.45) is 6.53. The minimum Gasteiger partial charge on any atom is -0.338 e. The highest BCUT2D eigenvalue weighted by Gasteiger charge is 2.44. The van der Waals surface area contributed by atoms with E-state index in [-0.39, 0.29) is 35.1 Å². The van der Waals surface area contributed by atoms with Crippen molar-refractivity contribution in [1.82, 2.24) is 14.7 Å². The molecule has 3 fully saturated rings. The molecule has 1 atom stereocenters. The number of amides is 2. The Bertz CT molecular complexity index is 1570. The quantitative estimate of drug-likeness (QED) is 0.304. The molecule has 2 saturated heterocycles. The highest BCUT2D eigenvalue weighted by atomic mass is 35.5. The van der Waals surface area contributed by atoms with Crippen molar-refractivity contribution < 1.29 is 18.4 Å². The summed E-state index contributed by atoms with van der Waals surface area (Å²) < 4.78 is 27.8. The number of benzene rings is 3. The van der Waals surface area contributed by atoms with Gasteiger partial charge in [-0.1, -0.05) is 29.8 Å². The van der Waals surface area contributed by atoms with Gasteiger partial charge in [0.1, 0.15) is 11.6 Å². The van der Waals surface area contributed by atoms with Crippen molar-refractivity contribution in [3.05, 3.63) is 105 Å². The zero-order valence-electron chi connectivity index (χ0n) is 24.2. The lowest BCUT2D eigenvalue weighted by Gasteiger charge is -2.39.